The number of carbonyl (C=O) groups excluding carboxylic acids is 1. The van der Waals surface area contributed by atoms with E-state index in [9.17, 15) is 17.8 Å². The molecule has 13 heteroatoms. The van der Waals surface area contributed by atoms with Gasteiger partial charge in [-0.2, -0.15) is 9.49 Å². The van der Waals surface area contributed by atoms with E-state index in [0.29, 0.717) is 24.9 Å². The molecule has 4 heterocycles. The Kier molecular flexibility index (Phi) is 6.89. The number of carbonyl (C=O) groups is 1. The minimum Gasteiger partial charge on any atom is -0.291 e. The highest BCUT2D eigenvalue weighted by Gasteiger charge is 2.51. The van der Waals surface area contributed by atoms with Crippen molar-refractivity contribution in [3.8, 4) is 5.69 Å². The van der Waals surface area contributed by atoms with Crippen LogP contribution in [0.3, 0.4) is 0 Å². The van der Waals surface area contributed by atoms with Crippen LogP contribution in [0.2, 0.25) is 0 Å². The summed E-state index contributed by atoms with van der Waals surface area (Å²) in [7, 11) is -1.41. The van der Waals surface area contributed by atoms with Gasteiger partial charge in [0.25, 0.3) is 0 Å². The van der Waals surface area contributed by atoms with Crippen LogP contribution in [0.15, 0.2) is 59.9 Å². The maximum absolute atomic E-state index is 14.4. The minimum absolute atomic E-state index is 0.0259. The Morgan fingerprint density at radius 3 is 2.67 bits per heavy atom. The zero-order valence-corrected chi connectivity index (χ0v) is 24.3. The fraction of sp³-hybridized carbons (Fsp3) is 0.345. The molecule has 0 bridgehead atoms. The first kappa shape index (κ1) is 28.0. The van der Waals surface area contributed by atoms with Crippen LogP contribution in [0, 0.1) is 17.2 Å². The van der Waals surface area contributed by atoms with Crippen molar-refractivity contribution >= 4 is 27.4 Å². The van der Waals surface area contributed by atoms with Gasteiger partial charge in [0.15, 0.2) is 5.78 Å². The predicted octanol–water partition coefficient (Wildman–Crippen LogP) is 3.83. The summed E-state index contributed by atoms with van der Waals surface area (Å²) in [6, 6.07) is 4.68. The fourth-order valence-corrected chi connectivity index (χ4v) is 8.34. The summed E-state index contributed by atoms with van der Waals surface area (Å²) >= 11 is 0. The van der Waals surface area contributed by atoms with Crippen LogP contribution in [-0.4, -0.2) is 66.8 Å². The quantitative estimate of drug-likeness (QED) is 0.182. The van der Waals surface area contributed by atoms with E-state index in [1.165, 1.54) is 35.5 Å². The summed E-state index contributed by atoms with van der Waals surface area (Å²) in [5.41, 5.74) is 1.94. The van der Waals surface area contributed by atoms with Crippen molar-refractivity contribution in [1.29, 1.82) is 0 Å². The molecule has 2 aliphatic carbocycles. The molecule has 218 valence electrons. The summed E-state index contributed by atoms with van der Waals surface area (Å²) in [5.74, 6) is 2.62. The summed E-state index contributed by atoms with van der Waals surface area (Å²) in [5, 5.41) is 8.96. The molecule has 0 radical (unpaired) electrons. The molecule has 1 saturated carbocycles. The van der Waals surface area contributed by atoms with Crippen molar-refractivity contribution in [2.24, 2.45) is 12.5 Å². The molecule has 2 aliphatic rings. The Morgan fingerprint density at radius 1 is 1.19 bits per heavy atom. The number of allylic oxidation sites excluding steroid dienone is 1. The van der Waals surface area contributed by atoms with E-state index < -0.39 is 26.9 Å². The van der Waals surface area contributed by atoms with Crippen molar-refractivity contribution in [1.82, 2.24) is 38.8 Å². The number of rotatable bonds is 7. The highest BCUT2D eigenvalue weighted by atomic mass is 32.2. The lowest BCUT2D eigenvalue weighted by Gasteiger charge is -2.48. The maximum Gasteiger partial charge on any atom is 0.244 e. The Morgan fingerprint density at radius 2 is 2.00 bits per heavy atom. The van der Waals surface area contributed by atoms with Crippen molar-refractivity contribution in [3.05, 3.63) is 83.5 Å². The number of hydrogen-bond donors (Lipinski definition) is 0. The van der Waals surface area contributed by atoms with Gasteiger partial charge in [0, 0.05) is 31.4 Å². The summed E-state index contributed by atoms with van der Waals surface area (Å²) in [6.07, 6.45) is 9.49. The van der Waals surface area contributed by atoms with Gasteiger partial charge in [-0.25, -0.2) is 27.6 Å². The Hall–Kier alpha value is -4.10. The average Bonchev–Trinajstić information content (AvgIpc) is 3.57. The number of pyridine rings is 2. The predicted molar refractivity (Wildman–Crippen MR) is 153 cm³/mol. The number of fused-ring (bicyclic) bond motifs is 2. The lowest BCUT2D eigenvalue weighted by atomic mass is 9.60. The molecule has 0 aliphatic heterocycles. The zero-order chi connectivity index (χ0) is 29.8. The second kappa shape index (κ2) is 10.3. The van der Waals surface area contributed by atoms with Crippen molar-refractivity contribution in [2.45, 2.75) is 56.8 Å². The number of nitrogens with zero attached hydrogens (tertiary/aromatic N) is 8. The van der Waals surface area contributed by atoms with Gasteiger partial charge in [-0.05, 0) is 75.2 Å². The molecule has 1 unspecified atom stereocenters. The van der Waals surface area contributed by atoms with Gasteiger partial charge in [0.1, 0.15) is 17.8 Å². The average molecular weight is 593 g/mol. The second-order valence-corrected chi connectivity index (χ2v) is 13.2. The van der Waals surface area contributed by atoms with Crippen LogP contribution in [0.25, 0.3) is 11.8 Å². The Labute approximate surface area is 242 Å². The summed E-state index contributed by atoms with van der Waals surface area (Å²) in [4.78, 5) is 26.6. The third-order valence-electron chi connectivity index (χ3n) is 8.05. The third kappa shape index (κ3) is 4.66. The molecule has 0 N–H and O–H groups in total. The second-order valence-electron chi connectivity index (χ2n) is 11.1. The molecule has 0 amide bonds. The van der Waals surface area contributed by atoms with E-state index >= 15 is 0 Å². The smallest absolute Gasteiger partial charge is 0.244 e. The minimum atomic E-state index is -3.11. The number of ketones is 1. The van der Waals surface area contributed by atoms with Crippen molar-refractivity contribution in [2.75, 3.05) is 0 Å². The van der Waals surface area contributed by atoms with Gasteiger partial charge < -0.3 is 0 Å². The molecule has 10 nitrogen and oxygen atoms in total. The fourth-order valence-electron chi connectivity index (χ4n) is 6.34. The topological polar surface area (TPSA) is 112 Å². The van der Waals surface area contributed by atoms with Crippen LogP contribution >= 0.6 is 0 Å². The largest absolute Gasteiger partial charge is 0.291 e. The molecule has 0 spiro atoms. The molecule has 1 fully saturated rings. The zero-order valence-electron chi connectivity index (χ0n) is 23.4. The van der Waals surface area contributed by atoms with E-state index in [2.05, 4.69) is 31.0 Å². The SMILES string of the molecule is C=S(=O)(c1ncn(C)n1)N(C(C)C)[C@H]1CCC2=Cc3c(cnn3-c3ccc(F)nc3)C[C@]2(C(=O)c2cc(F)ccn2)C1. The van der Waals surface area contributed by atoms with Gasteiger partial charge in [0.05, 0.1) is 38.9 Å². The standard InChI is InChI=1S/C29H30F2N8O2S/c1-18(2)39(42(4,41)28-34-17-37(3)36-28)22-6-5-20-11-25-19(15-35-38(25)23-7-8-26(31)33-16-23)13-29(20,14-22)27(40)24-12-21(30)9-10-32-24/h7-12,15-18,22H,4-6,13-14H2,1-3H3/t22-,29-,42?/m0/s1. The highest BCUT2D eigenvalue weighted by molar-refractivity contribution is 7.98. The van der Waals surface area contributed by atoms with Crippen LogP contribution in [0.1, 0.15) is 54.9 Å². The maximum atomic E-state index is 14.4. The first-order chi connectivity index (χ1) is 20.0. The van der Waals surface area contributed by atoms with E-state index in [-0.39, 0.29) is 35.1 Å². The van der Waals surface area contributed by atoms with Crippen LogP contribution < -0.4 is 0 Å². The lowest BCUT2D eigenvalue weighted by molar-refractivity contribution is 0.0725. The third-order valence-corrected chi connectivity index (χ3v) is 10.2. The lowest BCUT2D eigenvalue weighted by Crippen LogP contribution is -2.52. The monoisotopic (exact) mass is 592 g/mol. The van der Waals surface area contributed by atoms with E-state index in [4.69, 9.17) is 0 Å². The molecule has 4 aromatic heterocycles. The van der Waals surface area contributed by atoms with Gasteiger partial charge >= 0.3 is 0 Å². The molecular weight excluding hydrogens is 562 g/mol. The van der Waals surface area contributed by atoms with E-state index in [0.717, 1.165) is 22.9 Å². The van der Waals surface area contributed by atoms with E-state index in [1.807, 2.05) is 24.2 Å². The summed E-state index contributed by atoms with van der Waals surface area (Å²) < 4.78 is 47.0. The number of hydrogen-bond acceptors (Lipinski definition) is 7. The van der Waals surface area contributed by atoms with Gasteiger partial charge in [-0.3, -0.25) is 14.5 Å². The number of halogens is 2. The number of aryl methyl sites for hydroxylation is 1. The normalized spacial score (nSPS) is 21.5. The van der Waals surface area contributed by atoms with Gasteiger partial charge in [0.2, 0.25) is 11.1 Å². The molecule has 0 aromatic carbocycles. The van der Waals surface area contributed by atoms with Gasteiger partial charge in [-0.1, -0.05) is 5.57 Å². The molecule has 4 aromatic rings. The summed E-state index contributed by atoms with van der Waals surface area (Å²) in [6.45, 7) is 3.86. The Bertz CT molecular complexity index is 1810. The first-order valence-corrected chi connectivity index (χ1v) is 15.3. The van der Waals surface area contributed by atoms with E-state index in [1.54, 1.807) is 24.0 Å². The number of Topliss-reactive ketones (excluding diaryl/α,β-unsaturated/α-hetero) is 1. The highest BCUT2D eigenvalue weighted by Crippen LogP contribution is 2.51. The van der Waals surface area contributed by atoms with Crippen LogP contribution in [-0.2, 0) is 23.2 Å². The Balaban J connectivity index is 1.46. The molecule has 0 saturated heterocycles. The van der Waals surface area contributed by atoms with Crippen molar-refractivity contribution in [3.63, 3.8) is 0 Å². The molecule has 42 heavy (non-hydrogen) atoms. The van der Waals surface area contributed by atoms with Crippen LogP contribution in [0.5, 0.6) is 0 Å². The number of aromatic nitrogens is 7. The molecular formula is C29H30F2N8O2S. The molecule has 6 rings (SSSR count). The first-order valence-electron chi connectivity index (χ1n) is 13.6. The van der Waals surface area contributed by atoms with Crippen LogP contribution in [0.4, 0.5) is 8.78 Å². The van der Waals surface area contributed by atoms with Crippen molar-refractivity contribution < 1.29 is 17.8 Å². The molecule has 3 atom stereocenters. The van der Waals surface area contributed by atoms with Gasteiger partial charge in [-0.15, -0.1) is 5.10 Å².